The molecule has 1 aromatic carbocycles. The second-order valence-electron chi connectivity index (χ2n) is 4.24. The number of aryl methyl sites for hydroxylation is 1. The van der Waals surface area contributed by atoms with Crippen LogP contribution in [0.2, 0.25) is 0 Å². The van der Waals surface area contributed by atoms with Crippen molar-refractivity contribution in [3.63, 3.8) is 0 Å². The first kappa shape index (κ1) is 13.9. The van der Waals surface area contributed by atoms with Gasteiger partial charge >= 0.3 is 6.09 Å². The van der Waals surface area contributed by atoms with Crippen LogP contribution in [-0.2, 0) is 11.8 Å². The molecule has 20 heavy (non-hydrogen) atoms. The van der Waals surface area contributed by atoms with Gasteiger partial charge in [0.2, 0.25) is 0 Å². The standard InChI is InChI=1S/C14H17N3O3/c1-17-9-8-15-13(17)12(16-14(18)20-3)10-4-6-11(19-2)7-5-10/h4-9,12H,1-3H3,(H,16,18). The van der Waals surface area contributed by atoms with Gasteiger partial charge < -0.3 is 19.4 Å². The summed E-state index contributed by atoms with van der Waals surface area (Å²) in [6.45, 7) is 0. The van der Waals surface area contributed by atoms with Gasteiger partial charge in [0.1, 0.15) is 17.6 Å². The van der Waals surface area contributed by atoms with E-state index >= 15 is 0 Å². The van der Waals surface area contributed by atoms with Crippen molar-refractivity contribution in [2.75, 3.05) is 14.2 Å². The minimum absolute atomic E-state index is 0.381. The molecule has 0 bridgehead atoms. The zero-order valence-electron chi connectivity index (χ0n) is 11.7. The monoisotopic (exact) mass is 275 g/mol. The normalized spacial score (nSPS) is 11.8. The summed E-state index contributed by atoms with van der Waals surface area (Å²) in [7, 11) is 4.81. The Kier molecular flexibility index (Phi) is 4.24. The number of imidazole rings is 1. The van der Waals surface area contributed by atoms with Crippen molar-refractivity contribution in [1.82, 2.24) is 14.9 Å². The van der Waals surface area contributed by atoms with Crippen LogP contribution in [0.15, 0.2) is 36.7 Å². The van der Waals surface area contributed by atoms with E-state index in [0.29, 0.717) is 0 Å². The van der Waals surface area contributed by atoms with Crippen LogP contribution in [0.25, 0.3) is 0 Å². The lowest BCUT2D eigenvalue weighted by Gasteiger charge is -2.18. The van der Waals surface area contributed by atoms with Crippen LogP contribution < -0.4 is 10.1 Å². The summed E-state index contributed by atoms with van der Waals surface area (Å²) in [6, 6.07) is 7.06. The van der Waals surface area contributed by atoms with Gasteiger partial charge in [-0.2, -0.15) is 0 Å². The Morgan fingerprint density at radius 3 is 2.50 bits per heavy atom. The highest BCUT2D eigenvalue weighted by molar-refractivity contribution is 5.68. The van der Waals surface area contributed by atoms with Gasteiger partial charge in [0, 0.05) is 19.4 Å². The predicted molar refractivity (Wildman–Crippen MR) is 73.6 cm³/mol. The van der Waals surface area contributed by atoms with Crippen LogP contribution >= 0.6 is 0 Å². The Balaban J connectivity index is 2.35. The fourth-order valence-corrected chi connectivity index (χ4v) is 1.93. The second-order valence-corrected chi connectivity index (χ2v) is 4.24. The van der Waals surface area contributed by atoms with Gasteiger partial charge in [-0.15, -0.1) is 0 Å². The maximum atomic E-state index is 11.5. The number of nitrogens with zero attached hydrogens (tertiary/aromatic N) is 2. The third kappa shape index (κ3) is 2.90. The van der Waals surface area contributed by atoms with Gasteiger partial charge in [0.25, 0.3) is 0 Å². The van der Waals surface area contributed by atoms with Crippen molar-refractivity contribution < 1.29 is 14.3 Å². The first-order chi connectivity index (χ1) is 9.65. The van der Waals surface area contributed by atoms with Gasteiger partial charge in [0.15, 0.2) is 0 Å². The number of carbonyl (C=O) groups is 1. The summed E-state index contributed by atoms with van der Waals surface area (Å²) in [5.74, 6) is 1.48. The van der Waals surface area contributed by atoms with E-state index in [2.05, 4.69) is 15.0 Å². The molecule has 1 N–H and O–H groups in total. The Hall–Kier alpha value is -2.50. The highest BCUT2D eigenvalue weighted by Crippen LogP contribution is 2.22. The Morgan fingerprint density at radius 2 is 2.00 bits per heavy atom. The number of methoxy groups -OCH3 is 2. The number of hydrogen-bond donors (Lipinski definition) is 1. The number of rotatable bonds is 4. The quantitative estimate of drug-likeness (QED) is 0.925. The minimum Gasteiger partial charge on any atom is -0.497 e. The summed E-state index contributed by atoms with van der Waals surface area (Å²) in [6.07, 6.45) is 3.00. The number of alkyl carbamates (subject to hydrolysis) is 1. The van der Waals surface area contributed by atoms with Gasteiger partial charge in [0.05, 0.1) is 14.2 Å². The largest absolute Gasteiger partial charge is 0.497 e. The molecule has 0 aliphatic rings. The lowest BCUT2D eigenvalue weighted by atomic mass is 10.1. The molecular weight excluding hydrogens is 258 g/mol. The fourth-order valence-electron chi connectivity index (χ4n) is 1.93. The Bertz CT molecular complexity index is 578. The third-order valence-corrected chi connectivity index (χ3v) is 3.01. The van der Waals surface area contributed by atoms with E-state index in [1.807, 2.05) is 42.1 Å². The molecule has 0 spiro atoms. The van der Waals surface area contributed by atoms with Crippen LogP contribution in [0.3, 0.4) is 0 Å². The number of ether oxygens (including phenoxy) is 2. The molecule has 1 atom stereocenters. The predicted octanol–water partition coefficient (Wildman–Crippen LogP) is 1.87. The maximum absolute atomic E-state index is 11.5. The Labute approximate surface area is 117 Å². The molecule has 0 radical (unpaired) electrons. The molecule has 0 saturated carbocycles. The average molecular weight is 275 g/mol. The molecule has 0 fully saturated rings. The zero-order chi connectivity index (χ0) is 14.5. The first-order valence-corrected chi connectivity index (χ1v) is 6.11. The molecule has 2 aromatic rings. The first-order valence-electron chi connectivity index (χ1n) is 6.11. The molecule has 1 heterocycles. The van der Waals surface area contributed by atoms with E-state index in [0.717, 1.165) is 17.1 Å². The highest BCUT2D eigenvalue weighted by Gasteiger charge is 2.20. The van der Waals surface area contributed by atoms with E-state index < -0.39 is 6.09 Å². The van der Waals surface area contributed by atoms with E-state index in [9.17, 15) is 4.79 Å². The van der Waals surface area contributed by atoms with Crippen molar-refractivity contribution in [3.05, 3.63) is 48.0 Å². The summed E-state index contributed by atoms with van der Waals surface area (Å²) < 4.78 is 11.7. The average Bonchev–Trinajstić information content (AvgIpc) is 2.90. The van der Waals surface area contributed by atoms with Crippen molar-refractivity contribution in [3.8, 4) is 5.75 Å². The summed E-state index contributed by atoms with van der Waals surface area (Å²) in [4.78, 5) is 15.8. The molecule has 2 rings (SSSR count). The van der Waals surface area contributed by atoms with E-state index in [4.69, 9.17) is 4.74 Å². The van der Waals surface area contributed by atoms with Gasteiger partial charge in [-0.25, -0.2) is 9.78 Å². The topological polar surface area (TPSA) is 65.4 Å². The number of hydrogen-bond acceptors (Lipinski definition) is 4. The SMILES string of the molecule is COC(=O)NC(c1ccc(OC)cc1)c1nccn1C. The van der Waals surface area contributed by atoms with Crippen molar-refractivity contribution >= 4 is 6.09 Å². The van der Waals surface area contributed by atoms with Crippen LogP contribution in [-0.4, -0.2) is 29.9 Å². The molecule has 1 aromatic heterocycles. The van der Waals surface area contributed by atoms with Crippen LogP contribution in [0, 0.1) is 0 Å². The number of nitrogens with one attached hydrogen (secondary N) is 1. The summed E-state index contributed by atoms with van der Waals surface area (Å²) in [5.41, 5.74) is 0.894. The molecule has 6 nitrogen and oxygen atoms in total. The highest BCUT2D eigenvalue weighted by atomic mass is 16.5. The number of amides is 1. The second kappa shape index (κ2) is 6.10. The number of carbonyl (C=O) groups excluding carboxylic acids is 1. The fraction of sp³-hybridized carbons (Fsp3) is 0.286. The lowest BCUT2D eigenvalue weighted by Crippen LogP contribution is -2.30. The third-order valence-electron chi connectivity index (χ3n) is 3.01. The zero-order valence-corrected chi connectivity index (χ0v) is 11.7. The van der Waals surface area contributed by atoms with Gasteiger partial charge in [-0.05, 0) is 17.7 Å². The molecule has 0 aliphatic heterocycles. The van der Waals surface area contributed by atoms with Gasteiger partial charge in [-0.3, -0.25) is 0 Å². The molecule has 106 valence electrons. The van der Waals surface area contributed by atoms with E-state index in [1.54, 1.807) is 13.3 Å². The van der Waals surface area contributed by atoms with Gasteiger partial charge in [-0.1, -0.05) is 12.1 Å². The minimum atomic E-state index is -0.506. The molecule has 0 saturated heterocycles. The molecule has 6 heteroatoms. The van der Waals surface area contributed by atoms with Crippen LogP contribution in [0.5, 0.6) is 5.75 Å². The molecule has 0 aliphatic carbocycles. The van der Waals surface area contributed by atoms with Crippen molar-refractivity contribution in [2.45, 2.75) is 6.04 Å². The van der Waals surface area contributed by atoms with Crippen LogP contribution in [0.4, 0.5) is 4.79 Å². The van der Waals surface area contributed by atoms with Crippen molar-refractivity contribution in [1.29, 1.82) is 0 Å². The summed E-state index contributed by atoms with van der Waals surface area (Å²) >= 11 is 0. The van der Waals surface area contributed by atoms with E-state index in [1.165, 1.54) is 7.11 Å². The Morgan fingerprint density at radius 1 is 1.30 bits per heavy atom. The van der Waals surface area contributed by atoms with Crippen molar-refractivity contribution in [2.24, 2.45) is 7.05 Å². The molecular formula is C14H17N3O3. The number of benzene rings is 1. The smallest absolute Gasteiger partial charge is 0.407 e. The molecule has 1 amide bonds. The lowest BCUT2D eigenvalue weighted by molar-refractivity contribution is 0.168. The van der Waals surface area contributed by atoms with Crippen LogP contribution in [0.1, 0.15) is 17.4 Å². The maximum Gasteiger partial charge on any atom is 0.407 e. The van der Waals surface area contributed by atoms with E-state index in [-0.39, 0.29) is 6.04 Å². The molecule has 1 unspecified atom stereocenters. The number of aromatic nitrogens is 2. The summed E-state index contributed by atoms with van der Waals surface area (Å²) in [5, 5.41) is 2.78.